The standard InChI is InChI=1S/C15H24ClNS/c1-3-5-15(17-10-4-2)12-18-11-13-6-8-14(16)9-7-13/h6-9,15,17H,3-5,10-12H2,1-2H3. The molecule has 1 unspecified atom stereocenters. The first-order chi connectivity index (χ1) is 8.76. The van der Waals surface area contributed by atoms with Crippen LogP contribution < -0.4 is 5.32 Å². The molecule has 0 fully saturated rings. The third kappa shape index (κ3) is 6.67. The monoisotopic (exact) mass is 285 g/mol. The van der Waals surface area contributed by atoms with Gasteiger partial charge >= 0.3 is 0 Å². The second-order valence-electron chi connectivity index (χ2n) is 4.58. The molecule has 0 spiro atoms. The van der Waals surface area contributed by atoms with Gasteiger partial charge < -0.3 is 5.32 Å². The summed E-state index contributed by atoms with van der Waals surface area (Å²) in [4.78, 5) is 0. The molecule has 1 atom stereocenters. The van der Waals surface area contributed by atoms with Gasteiger partial charge in [-0.15, -0.1) is 0 Å². The summed E-state index contributed by atoms with van der Waals surface area (Å²) in [5.41, 5.74) is 1.36. The summed E-state index contributed by atoms with van der Waals surface area (Å²) >= 11 is 7.88. The van der Waals surface area contributed by atoms with Crippen molar-refractivity contribution in [3.8, 4) is 0 Å². The molecule has 0 saturated heterocycles. The number of nitrogens with one attached hydrogen (secondary N) is 1. The normalized spacial score (nSPS) is 12.6. The number of rotatable bonds is 9. The SMILES string of the molecule is CCCNC(CCC)CSCc1ccc(Cl)cc1. The van der Waals surface area contributed by atoms with Gasteiger partial charge in [-0.1, -0.05) is 44.0 Å². The number of benzene rings is 1. The molecule has 3 heteroatoms. The molecular formula is C15H24ClNS. The fraction of sp³-hybridized carbons (Fsp3) is 0.600. The fourth-order valence-electron chi connectivity index (χ4n) is 1.84. The smallest absolute Gasteiger partial charge is 0.0406 e. The van der Waals surface area contributed by atoms with E-state index in [0.29, 0.717) is 6.04 Å². The van der Waals surface area contributed by atoms with Crippen molar-refractivity contribution in [1.29, 1.82) is 0 Å². The molecule has 1 rings (SSSR count). The van der Waals surface area contributed by atoms with E-state index in [1.54, 1.807) is 0 Å². The maximum absolute atomic E-state index is 5.88. The van der Waals surface area contributed by atoms with Gasteiger partial charge in [0.2, 0.25) is 0 Å². The van der Waals surface area contributed by atoms with E-state index in [2.05, 4.69) is 31.3 Å². The summed E-state index contributed by atoms with van der Waals surface area (Å²) in [7, 11) is 0. The zero-order valence-corrected chi connectivity index (χ0v) is 13.0. The van der Waals surface area contributed by atoms with Gasteiger partial charge in [0.1, 0.15) is 0 Å². The molecule has 1 N–H and O–H groups in total. The van der Waals surface area contributed by atoms with Crippen molar-refractivity contribution < 1.29 is 0 Å². The van der Waals surface area contributed by atoms with Gasteiger partial charge in [-0.05, 0) is 37.1 Å². The molecule has 0 amide bonds. The summed E-state index contributed by atoms with van der Waals surface area (Å²) in [5, 5.41) is 4.44. The lowest BCUT2D eigenvalue weighted by molar-refractivity contribution is 0.514. The van der Waals surface area contributed by atoms with Crippen molar-refractivity contribution in [1.82, 2.24) is 5.32 Å². The summed E-state index contributed by atoms with van der Waals surface area (Å²) in [6, 6.07) is 8.83. The van der Waals surface area contributed by atoms with Gasteiger partial charge in [-0.25, -0.2) is 0 Å². The van der Waals surface area contributed by atoms with Crippen LogP contribution in [0, 0.1) is 0 Å². The van der Waals surface area contributed by atoms with Crippen molar-refractivity contribution >= 4 is 23.4 Å². The van der Waals surface area contributed by atoms with Crippen LogP contribution in [0.3, 0.4) is 0 Å². The second-order valence-corrected chi connectivity index (χ2v) is 6.05. The molecule has 0 aromatic heterocycles. The van der Waals surface area contributed by atoms with Crippen LogP contribution in [0.2, 0.25) is 5.02 Å². The number of hydrogen-bond acceptors (Lipinski definition) is 2. The van der Waals surface area contributed by atoms with E-state index in [9.17, 15) is 0 Å². The van der Waals surface area contributed by atoms with E-state index in [1.807, 2.05) is 23.9 Å². The van der Waals surface area contributed by atoms with E-state index in [0.717, 1.165) is 17.3 Å². The highest BCUT2D eigenvalue weighted by molar-refractivity contribution is 7.98. The molecule has 0 heterocycles. The maximum Gasteiger partial charge on any atom is 0.0406 e. The Bertz CT molecular complexity index is 313. The van der Waals surface area contributed by atoms with Crippen LogP contribution in [0.1, 0.15) is 38.7 Å². The molecule has 1 nitrogen and oxygen atoms in total. The van der Waals surface area contributed by atoms with E-state index < -0.39 is 0 Å². The first-order valence-electron chi connectivity index (χ1n) is 6.81. The summed E-state index contributed by atoms with van der Waals surface area (Å²) in [5.74, 6) is 2.27. The summed E-state index contributed by atoms with van der Waals surface area (Å²) < 4.78 is 0. The Morgan fingerprint density at radius 3 is 2.50 bits per heavy atom. The fourth-order valence-corrected chi connectivity index (χ4v) is 3.08. The third-order valence-electron chi connectivity index (χ3n) is 2.82. The summed E-state index contributed by atoms with van der Waals surface area (Å²) in [6.07, 6.45) is 3.73. The molecular weight excluding hydrogens is 262 g/mol. The van der Waals surface area contributed by atoms with Crippen molar-refractivity contribution in [2.45, 2.75) is 44.9 Å². The average molecular weight is 286 g/mol. The summed E-state index contributed by atoms with van der Waals surface area (Å²) in [6.45, 7) is 5.60. The average Bonchev–Trinajstić information content (AvgIpc) is 2.38. The minimum Gasteiger partial charge on any atom is -0.313 e. The van der Waals surface area contributed by atoms with E-state index in [4.69, 9.17) is 11.6 Å². The Morgan fingerprint density at radius 2 is 1.89 bits per heavy atom. The Labute approximate surface area is 121 Å². The zero-order valence-electron chi connectivity index (χ0n) is 11.4. The quantitative estimate of drug-likeness (QED) is 0.703. The lowest BCUT2D eigenvalue weighted by Crippen LogP contribution is -2.31. The van der Waals surface area contributed by atoms with Gasteiger partial charge in [-0.2, -0.15) is 11.8 Å². The molecule has 0 bridgehead atoms. The van der Waals surface area contributed by atoms with E-state index >= 15 is 0 Å². The predicted octanol–water partition coefficient (Wildman–Crippen LogP) is 4.74. The molecule has 1 aromatic rings. The molecule has 0 radical (unpaired) electrons. The van der Waals surface area contributed by atoms with Crippen LogP contribution in [0.25, 0.3) is 0 Å². The van der Waals surface area contributed by atoms with Gasteiger partial charge in [0, 0.05) is 22.6 Å². The van der Waals surface area contributed by atoms with Crippen molar-refractivity contribution in [2.24, 2.45) is 0 Å². The highest BCUT2D eigenvalue weighted by Gasteiger charge is 2.06. The van der Waals surface area contributed by atoms with Crippen molar-refractivity contribution in [3.63, 3.8) is 0 Å². The predicted molar refractivity (Wildman–Crippen MR) is 84.6 cm³/mol. The Balaban J connectivity index is 2.26. The van der Waals surface area contributed by atoms with Gasteiger partial charge in [0.25, 0.3) is 0 Å². The van der Waals surface area contributed by atoms with Crippen LogP contribution in [0.15, 0.2) is 24.3 Å². The number of thioether (sulfide) groups is 1. The largest absolute Gasteiger partial charge is 0.313 e. The highest BCUT2D eigenvalue weighted by atomic mass is 35.5. The second kappa shape index (κ2) is 9.71. The van der Waals surface area contributed by atoms with Crippen molar-refractivity contribution in [2.75, 3.05) is 12.3 Å². The molecule has 102 valence electrons. The molecule has 0 saturated carbocycles. The van der Waals surface area contributed by atoms with E-state index in [1.165, 1.54) is 30.6 Å². The Hall–Kier alpha value is -0.180. The molecule has 1 aromatic carbocycles. The van der Waals surface area contributed by atoms with Gasteiger partial charge in [0.05, 0.1) is 0 Å². The number of halogens is 1. The lowest BCUT2D eigenvalue weighted by atomic mass is 10.2. The van der Waals surface area contributed by atoms with Crippen LogP contribution in [0.5, 0.6) is 0 Å². The number of hydrogen-bond donors (Lipinski definition) is 1. The van der Waals surface area contributed by atoms with Crippen LogP contribution in [0.4, 0.5) is 0 Å². The Kier molecular flexibility index (Phi) is 8.57. The van der Waals surface area contributed by atoms with E-state index in [-0.39, 0.29) is 0 Å². The first-order valence-corrected chi connectivity index (χ1v) is 8.35. The van der Waals surface area contributed by atoms with Gasteiger partial charge in [0.15, 0.2) is 0 Å². The third-order valence-corrected chi connectivity index (χ3v) is 4.25. The molecule has 0 aliphatic carbocycles. The van der Waals surface area contributed by atoms with Crippen molar-refractivity contribution in [3.05, 3.63) is 34.9 Å². The zero-order chi connectivity index (χ0) is 13.2. The highest BCUT2D eigenvalue weighted by Crippen LogP contribution is 2.17. The first kappa shape index (κ1) is 15.9. The van der Waals surface area contributed by atoms with Crippen LogP contribution in [-0.2, 0) is 5.75 Å². The van der Waals surface area contributed by atoms with Gasteiger partial charge in [-0.3, -0.25) is 0 Å². The van der Waals surface area contributed by atoms with Crippen LogP contribution >= 0.6 is 23.4 Å². The molecule has 0 aliphatic heterocycles. The lowest BCUT2D eigenvalue weighted by Gasteiger charge is -2.17. The van der Waals surface area contributed by atoms with Crippen LogP contribution in [-0.4, -0.2) is 18.3 Å². The Morgan fingerprint density at radius 1 is 1.17 bits per heavy atom. The minimum absolute atomic E-state index is 0.659. The minimum atomic E-state index is 0.659. The molecule has 0 aliphatic rings. The molecule has 18 heavy (non-hydrogen) atoms. The topological polar surface area (TPSA) is 12.0 Å². The maximum atomic E-state index is 5.88.